The molecule has 16 heavy (non-hydrogen) atoms. The van der Waals surface area contributed by atoms with Gasteiger partial charge in [-0.15, -0.1) is 0 Å². The number of halogens is 3. The average molecular weight is 230 g/mol. The largest absolute Gasteiger partial charge is 0.481 e. The molecule has 1 aromatic rings. The summed E-state index contributed by atoms with van der Waals surface area (Å²) in [6.07, 6.45) is -3.86. The van der Waals surface area contributed by atoms with Crippen molar-refractivity contribution in [2.45, 2.75) is 12.8 Å². The van der Waals surface area contributed by atoms with Gasteiger partial charge in [0.2, 0.25) is 0 Å². The van der Waals surface area contributed by atoms with Gasteiger partial charge in [0.15, 0.2) is 5.82 Å². The van der Waals surface area contributed by atoms with E-state index in [0.29, 0.717) is 6.07 Å². The molecule has 0 unspecified atom stereocenters. The molecule has 0 radical (unpaired) electrons. The molecule has 4 nitrogen and oxygen atoms in total. The van der Waals surface area contributed by atoms with Crippen LogP contribution in [-0.2, 0) is 11.2 Å². The molecular formula is C9H5F3N2O2. The van der Waals surface area contributed by atoms with Crippen LogP contribution in [0.3, 0.4) is 0 Å². The van der Waals surface area contributed by atoms with Crippen molar-refractivity contribution in [2.24, 2.45) is 0 Å². The molecule has 0 aromatic carbocycles. The van der Waals surface area contributed by atoms with Crippen molar-refractivity contribution in [2.75, 3.05) is 0 Å². The Morgan fingerprint density at radius 1 is 1.62 bits per heavy atom. The van der Waals surface area contributed by atoms with Crippen LogP contribution in [0.5, 0.6) is 0 Å². The zero-order valence-electron chi connectivity index (χ0n) is 7.75. The minimum absolute atomic E-state index is 0.357. The van der Waals surface area contributed by atoms with E-state index in [4.69, 9.17) is 10.4 Å². The van der Waals surface area contributed by atoms with Gasteiger partial charge in [0.05, 0.1) is 17.7 Å². The molecule has 0 fully saturated rings. The maximum atomic E-state index is 13.0. The van der Waals surface area contributed by atoms with E-state index >= 15 is 0 Å². The first kappa shape index (κ1) is 12.0. The molecule has 0 saturated carbocycles. The minimum atomic E-state index is -3.15. The number of carbonyl (C=O) groups is 1. The van der Waals surface area contributed by atoms with E-state index in [1.807, 2.05) is 0 Å². The normalized spacial score (nSPS) is 10.2. The molecule has 0 bridgehead atoms. The predicted molar refractivity (Wildman–Crippen MR) is 45.2 cm³/mol. The highest BCUT2D eigenvalue weighted by atomic mass is 19.3. The Hall–Kier alpha value is -2.10. The van der Waals surface area contributed by atoms with Crippen molar-refractivity contribution < 1.29 is 23.1 Å². The number of pyridine rings is 1. The summed E-state index contributed by atoms with van der Waals surface area (Å²) in [6, 6.07) is 2.06. The Labute approximate surface area is 88.0 Å². The number of rotatable bonds is 3. The lowest BCUT2D eigenvalue weighted by molar-refractivity contribution is -0.136. The number of carboxylic acids is 1. The number of hydrogen-bond acceptors (Lipinski definition) is 3. The maximum absolute atomic E-state index is 13.0. The van der Waals surface area contributed by atoms with Crippen molar-refractivity contribution in [3.63, 3.8) is 0 Å². The Balaban J connectivity index is 3.30. The summed E-state index contributed by atoms with van der Waals surface area (Å²) in [7, 11) is 0. The molecule has 0 spiro atoms. The lowest BCUT2D eigenvalue weighted by atomic mass is 10.1. The van der Waals surface area contributed by atoms with E-state index in [-0.39, 0.29) is 11.3 Å². The van der Waals surface area contributed by atoms with Gasteiger partial charge in [-0.05, 0) is 6.07 Å². The lowest BCUT2D eigenvalue weighted by Gasteiger charge is -2.05. The van der Waals surface area contributed by atoms with Crippen LogP contribution >= 0.6 is 0 Å². The van der Waals surface area contributed by atoms with Gasteiger partial charge in [-0.2, -0.15) is 5.26 Å². The first-order chi connectivity index (χ1) is 7.45. The van der Waals surface area contributed by atoms with Gasteiger partial charge in [0.1, 0.15) is 11.8 Å². The van der Waals surface area contributed by atoms with Crippen LogP contribution in [0.2, 0.25) is 0 Å². The number of nitrogens with zero attached hydrogens (tertiary/aromatic N) is 2. The quantitative estimate of drug-likeness (QED) is 0.856. The Morgan fingerprint density at radius 2 is 2.25 bits per heavy atom. The number of aliphatic carboxylic acids is 1. The van der Waals surface area contributed by atoms with Crippen LogP contribution in [0.4, 0.5) is 13.2 Å². The molecule has 1 rings (SSSR count). The van der Waals surface area contributed by atoms with Gasteiger partial charge in [0.25, 0.3) is 6.43 Å². The molecule has 0 saturated heterocycles. The van der Waals surface area contributed by atoms with Gasteiger partial charge in [-0.25, -0.2) is 18.2 Å². The summed E-state index contributed by atoms with van der Waals surface area (Å²) in [5, 5.41) is 17.0. The van der Waals surface area contributed by atoms with Crippen LogP contribution in [0.25, 0.3) is 0 Å². The Bertz CT molecular complexity index is 469. The summed E-state index contributed by atoms with van der Waals surface area (Å²) in [4.78, 5) is 13.5. The molecule has 0 aliphatic carbocycles. The second-order valence-corrected chi connectivity index (χ2v) is 2.83. The smallest absolute Gasteiger partial charge is 0.309 e. The zero-order valence-corrected chi connectivity index (χ0v) is 7.75. The highest BCUT2D eigenvalue weighted by Crippen LogP contribution is 2.22. The molecule has 84 valence electrons. The van der Waals surface area contributed by atoms with Crippen molar-refractivity contribution >= 4 is 5.97 Å². The van der Waals surface area contributed by atoms with Crippen molar-refractivity contribution in [1.82, 2.24) is 4.98 Å². The molecule has 7 heteroatoms. The lowest BCUT2D eigenvalue weighted by Crippen LogP contribution is -2.08. The van der Waals surface area contributed by atoms with E-state index in [2.05, 4.69) is 4.98 Å². The SMILES string of the molecule is N#Cc1cc(F)c(C(F)F)nc1CC(=O)O. The van der Waals surface area contributed by atoms with Crippen LogP contribution in [0.15, 0.2) is 6.07 Å². The second kappa shape index (κ2) is 4.61. The zero-order chi connectivity index (χ0) is 12.3. The third kappa shape index (κ3) is 2.48. The molecular weight excluding hydrogens is 225 g/mol. The van der Waals surface area contributed by atoms with Gasteiger partial charge < -0.3 is 5.11 Å². The van der Waals surface area contributed by atoms with Crippen LogP contribution < -0.4 is 0 Å². The highest BCUT2D eigenvalue weighted by Gasteiger charge is 2.20. The van der Waals surface area contributed by atoms with Gasteiger partial charge >= 0.3 is 5.97 Å². The van der Waals surface area contributed by atoms with E-state index in [0.717, 1.165) is 0 Å². The van der Waals surface area contributed by atoms with Gasteiger partial charge in [-0.1, -0.05) is 0 Å². The van der Waals surface area contributed by atoms with E-state index in [1.54, 1.807) is 0 Å². The number of nitriles is 1. The highest BCUT2D eigenvalue weighted by molar-refractivity contribution is 5.70. The summed E-state index contributed by atoms with van der Waals surface area (Å²) in [5.74, 6) is -2.66. The summed E-state index contributed by atoms with van der Waals surface area (Å²) in [6.45, 7) is 0. The van der Waals surface area contributed by atoms with Crippen LogP contribution in [-0.4, -0.2) is 16.1 Å². The first-order valence-corrected chi connectivity index (χ1v) is 4.05. The van der Waals surface area contributed by atoms with E-state index < -0.39 is 30.3 Å². The summed E-state index contributed by atoms with van der Waals surface area (Å²) in [5.41, 5.74) is -1.87. The van der Waals surface area contributed by atoms with Gasteiger partial charge in [-0.3, -0.25) is 4.79 Å². The maximum Gasteiger partial charge on any atom is 0.309 e. The van der Waals surface area contributed by atoms with Crippen molar-refractivity contribution in [1.29, 1.82) is 5.26 Å². The molecule has 0 aliphatic heterocycles. The fraction of sp³-hybridized carbons (Fsp3) is 0.222. The first-order valence-electron chi connectivity index (χ1n) is 4.05. The molecule has 1 heterocycles. The average Bonchev–Trinajstić information content (AvgIpc) is 2.18. The van der Waals surface area contributed by atoms with Crippen LogP contribution in [0, 0.1) is 17.1 Å². The minimum Gasteiger partial charge on any atom is -0.481 e. The summed E-state index contributed by atoms with van der Waals surface area (Å²) < 4.78 is 37.5. The number of aromatic nitrogens is 1. The number of alkyl halides is 2. The monoisotopic (exact) mass is 230 g/mol. The fourth-order valence-corrected chi connectivity index (χ4v) is 1.07. The van der Waals surface area contributed by atoms with Crippen molar-refractivity contribution in [3.05, 3.63) is 28.8 Å². The predicted octanol–water partition coefficient (Wildman–Crippen LogP) is 1.66. The number of carboxylic acid groups (broad SMARTS) is 1. The third-order valence-corrected chi connectivity index (χ3v) is 1.73. The topological polar surface area (TPSA) is 74.0 Å². The second-order valence-electron chi connectivity index (χ2n) is 2.83. The molecule has 1 aromatic heterocycles. The van der Waals surface area contributed by atoms with Crippen molar-refractivity contribution in [3.8, 4) is 6.07 Å². The number of hydrogen-bond donors (Lipinski definition) is 1. The Kier molecular flexibility index (Phi) is 3.45. The Morgan fingerprint density at radius 3 is 2.69 bits per heavy atom. The van der Waals surface area contributed by atoms with Crippen LogP contribution in [0.1, 0.15) is 23.4 Å². The molecule has 0 amide bonds. The van der Waals surface area contributed by atoms with Gasteiger partial charge in [0, 0.05) is 0 Å². The van der Waals surface area contributed by atoms with E-state index in [1.165, 1.54) is 6.07 Å². The fourth-order valence-electron chi connectivity index (χ4n) is 1.07. The molecule has 0 aliphatic rings. The molecule has 1 N–H and O–H groups in total. The molecule has 0 atom stereocenters. The standard InChI is InChI=1S/C9H5F3N2O2/c10-5-1-4(3-13)6(2-7(15)16)14-8(5)9(11)12/h1,9H,2H2,(H,15,16). The third-order valence-electron chi connectivity index (χ3n) is 1.73. The summed E-state index contributed by atoms with van der Waals surface area (Å²) >= 11 is 0. The van der Waals surface area contributed by atoms with E-state index in [9.17, 15) is 18.0 Å².